The van der Waals surface area contributed by atoms with Gasteiger partial charge in [0.05, 0.1) is 30.2 Å². The highest BCUT2D eigenvalue weighted by molar-refractivity contribution is 5.91. The number of anilines is 2. The summed E-state index contributed by atoms with van der Waals surface area (Å²) in [6, 6.07) is 7.28. The summed E-state index contributed by atoms with van der Waals surface area (Å²) < 4.78 is 47.7. The standard InChI is InChI=1S/C23H25F3N6O2/c1-13(2)29-20(23(24,25)26)14-3-5-16(6-4-14)30-21-19-17(7-9-28-22(19)33)32(31-21)18-12-34-10-8-15(18)11-27/h3-7,9,13,15,18,20,29H,8,10,12H2,1-2H3,(H,28,33)(H,30,31)/t15-,18+,20?/m1/s1. The van der Waals surface area contributed by atoms with Gasteiger partial charge in [-0.15, -0.1) is 0 Å². The first-order valence-electron chi connectivity index (χ1n) is 11.0. The molecule has 1 aliphatic rings. The van der Waals surface area contributed by atoms with Crippen LogP contribution in [0.2, 0.25) is 0 Å². The monoisotopic (exact) mass is 474 g/mol. The second kappa shape index (κ2) is 9.48. The van der Waals surface area contributed by atoms with Crippen LogP contribution in [0.5, 0.6) is 0 Å². The number of nitriles is 1. The highest BCUT2D eigenvalue weighted by Gasteiger charge is 2.41. The van der Waals surface area contributed by atoms with Crippen LogP contribution in [0, 0.1) is 17.2 Å². The Morgan fingerprint density at radius 2 is 2.00 bits per heavy atom. The third-order valence-corrected chi connectivity index (χ3v) is 5.77. The Hall–Kier alpha value is -3.36. The van der Waals surface area contributed by atoms with Crippen LogP contribution in [0.3, 0.4) is 0 Å². The van der Waals surface area contributed by atoms with E-state index in [9.17, 15) is 23.2 Å². The number of hydrogen-bond acceptors (Lipinski definition) is 6. The number of rotatable bonds is 6. The van der Waals surface area contributed by atoms with Crippen LogP contribution in [0.1, 0.15) is 37.9 Å². The van der Waals surface area contributed by atoms with E-state index in [-0.39, 0.29) is 41.5 Å². The Bertz CT molecular complexity index is 1240. The number of aromatic amines is 1. The maximum atomic E-state index is 13.5. The molecule has 0 saturated carbocycles. The second-order valence-electron chi connectivity index (χ2n) is 8.57. The highest BCUT2D eigenvalue weighted by atomic mass is 19.4. The molecular formula is C23H25F3N6O2. The van der Waals surface area contributed by atoms with E-state index >= 15 is 0 Å². The highest BCUT2D eigenvalue weighted by Crippen LogP contribution is 2.35. The van der Waals surface area contributed by atoms with Crippen molar-refractivity contribution in [1.29, 1.82) is 5.26 Å². The topological polar surface area (TPSA) is 108 Å². The molecule has 0 amide bonds. The van der Waals surface area contributed by atoms with Crippen molar-refractivity contribution in [3.63, 3.8) is 0 Å². The summed E-state index contributed by atoms with van der Waals surface area (Å²) in [4.78, 5) is 15.2. The Morgan fingerprint density at radius 3 is 2.65 bits per heavy atom. The van der Waals surface area contributed by atoms with E-state index in [4.69, 9.17) is 4.74 Å². The fourth-order valence-corrected chi connectivity index (χ4v) is 4.16. The van der Waals surface area contributed by atoms with Crippen LogP contribution in [-0.2, 0) is 4.74 Å². The molecule has 3 aromatic rings. The van der Waals surface area contributed by atoms with E-state index in [0.717, 1.165) is 0 Å². The summed E-state index contributed by atoms with van der Waals surface area (Å²) in [6.45, 7) is 4.08. The fraction of sp³-hybridized carbons (Fsp3) is 0.435. The number of alkyl halides is 3. The second-order valence-corrected chi connectivity index (χ2v) is 8.57. The minimum absolute atomic E-state index is 0.0798. The summed E-state index contributed by atoms with van der Waals surface area (Å²) in [6.07, 6.45) is -2.38. The molecule has 11 heteroatoms. The quantitative estimate of drug-likeness (QED) is 0.495. The molecule has 2 aromatic heterocycles. The average Bonchev–Trinajstić information content (AvgIpc) is 3.16. The molecule has 0 spiro atoms. The van der Waals surface area contributed by atoms with Crippen LogP contribution < -0.4 is 16.2 Å². The lowest BCUT2D eigenvalue weighted by atomic mass is 9.96. The summed E-state index contributed by atoms with van der Waals surface area (Å²) in [5.74, 6) is -0.0735. The molecule has 0 aliphatic carbocycles. The molecule has 1 saturated heterocycles. The van der Waals surface area contributed by atoms with Crippen LogP contribution in [0.15, 0.2) is 41.3 Å². The van der Waals surface area contributed by atoms with Crippen LogP contribution >= 0.6 is 0 Å². The van der Waals surface area contributed by atoms with Crippen molar-refractivity contribution < 1.29 is 17.9 Å². The zero-order chi connectivity index (χ0) is 24.5. The lowest BCUT2D eigenvalue weighted by Crippen LogP contribution is -2.38. The van der Waals surface area contributed by atoms with Gasteiger partial charge in [-0.2, -0.15) is 23.5 Å². The Labute approximate surface area is 193 Å². The molecule has 3 heterocycles. The van der Waals surface area contributed by atoms with Gasteiger partial charge in [0, 0.05) is 24.5 Å². The van der Waals surface area contributed by atoms with Gasteiger partial charge in [0.1, 0.15) is 11.4 Å². The smallest absolute Gasteiger partial charge is 0.379 e. The zero-order valence-corrected chi connectivity index (χ0v) is 18.7. The van der Waals surface area contributed by atoms with Gasteiger partial charge >= 0.3 is 6.18 Å². The molecule has 1 fully saturated rings. The van der Waals surface area contributed by atoms with E-state index in [1.807, 2.05) is 0 Å². The number of pyridine rings is 1. The molecule has 34 heavy (non-hydrogen) atoms. The van der Waals surface area contributed by atoms with Gasteiger partial charge in [-0.25, -0.2) is 0 Å². The van der Waals surface area contributed by atoms with Gasteiger partial charge in [-0.05, 0) is 30.2 Å². The number of nitrogens with one attached hydrogen (secondary N) is 3. The largest absolute Gasteiger partial charge is 0.407 e. The van der Waals surface area contributed by atoms with E-state index in [2.05, 4.69) is 26.8 Å². The van der Waals surface area contributed by atoms with Gasteiger partial charge in [0.25, 0.3) is 5.56 Å². The molecule has 0 bridgehead atoms. The van der Waals surface area contributed by atoms with Crippen LogP contribution in [0.25, 0.3) is 10.9 Å². The maximum absolute atomic E-state index is 13.5. The lowest BCUT2D eigenvalue weighted by molar-refractivity contribution is -0.159. The fourth-order valence-electron chi connectivity index (χ4n) is 4.16. The number of benzene rings is 1. The number of nitrogens with zero attached hydrogens (tertiary/aromatic N) is 3. The number of H-pyrrole nitrogens is 1. The molecule has 3 N–H and O–H groups in total. The molecule has 3 atom stereocenters. The van der Waals surface area contributed by atoms with Gasteiger partial charge in [-0.1, -0.05) is 26.0 Å². The van der Waals surface area contributed by atoms with Gasteiger partial charge in [0.2, 0.25) is 0 Å². The van der Waals surface area contributed by atoms with Crippen molar-refractivity contribution in [3.05, 3.63) is 52.4 Å². The van der Waals surface area contributed by atoms with Crippen molar-refractivity contribution >= 4 is 22.4 Å². The molecule has 4 rings (SSSR count). The predicted molar refractivity (Wildman–Crippen MR) is 121 cm³/mol. The number of aromatic nitrogens is 3. The predicted octanol–water partition coefficient (Wildman–Crippen LogP) is 4.17. The van der Waals surface area contributed by atoms with E-state index < -0.39 is 12.2 Å². The Balaban J connectivity index is 1.68. The summed E-state index contributed by atoms with van der Waals surface area (Å²) in [7, 11) is 0. The summed E-state index contributed by atoms with van der Waals surface area (Å²) >= 11 is 0. The normalized spacial score (nSPS) is 19.8. The number of ether oxygens (including phenoxy) is 1. The molecule has 8 nitrogen and oxygen atoms in total. The molecular weight excluding hydrogens is 449 g/mol. The molecule has 0 radical (unpaired) electrons. The average molecular weight is 474 g/mol. The molecule has 1 aromatic carbocycles. The van der Waals surface area contributed by atoms with Gasteiger partial charge in [-0.3, -0.25) is 9.48 Å². The van der Waals surface area contributed by atoms with Crippen LogP contribution in [0.4, 0.5) is 24.7 Å². The van der Waals surface area contributed by atoms with Crippen LogP contribution in [-0.4, -0.2) is 40.2 Å². The van der Waals surface area contributed by atoms with E-state index in [0.29, 0.717) is 29.6 Å². The summed E-state index contributed by atoms with van der Waals surface area (Å²) in [5, 5.41) is 20.0. The third kappa shape index (κ3) is 4.78. The molecule has 180 valence electrons. The van der Waals surface area contributed by atoms with Crippen molar-refractivity contribution in [2.45, 2.75) is 44.6 Å². The minimum atomic E-state index is -4.44. The van der Waals surface area contributed by atoms with Gasteiger partial charge < -0.3 is 20.4 Å². The van der Waals surface area contributed by atoms with Crippen molar-refractivity contribution in [1.82, 2.24) is 20.1 Å². The van der Waals surface area contributed by atoms with E-state index in [1.54, 1.807) is 24.6 Å². The number of fused-ring (bicyclic) bond motifs is 1. The first-order chi connectivity index (χ1) is 16.2. The Kier molecular flexibility index (Phi) is 6.63. The Morgan fingerprint density at radius 1 is 1.26 bits per heavy atom. The minimum Gasteiger partial charge on any atom is -0.379 e. The third-order valence-electron chi connectivity index (χ3n) is 5.77. The lowest BCUT2D eigenvalue weighted by Gasteiger charge is -2.27. The van der Waals surface area contributed by atoms with Crippen molar-refractivity contribution in [3.8, 4) is 6.07 Å². The molecule has 1 aliphatic heterocycles. The van der Waals surface area contributed by atoms with Gasteiger partial charge in [0.15, 0.2) is 5.82 Å². The van der Waals surface area contributed by atoms with Crippen molar-refractivity contribution in [2.24, 2.45) is 5.92 Å². The number of hydrogen-bond donors (Lipinski definition) is 3. The SMILES string of the molecule is CC(C)NC(c1ccc(Nc2nn([C@H]3COCC[C@@H]3C#N)c3cc[nH]c(=O)c23)cc1)C(F)(F)F. The maximum Gasteiger partial charge on any atom is 0.407 e. The van der Waals surface area contributed by atoms with E-state index in [1.165, 1.54) is 30.5 Å². The number of halogens is 3. The first-order valence-corrected chi connectivity index (χ1v) is 11.0. The van der Waals surface area contributed by atoms with Crippen molar-refractivity contribution in [2.75, 3.05) is 18.5 Å². The summed E-state index contributed by atoms with van der Waals surface area (Å²) in [5.41, 5.74) is 0.722. The molecule has 1 unspecified atom stereocenters. The first kappa shape index (κ1) is 23.8. The zero-order valence-electron chi connectivity index (χ0n) is 18.7.